The maximum atomic E-state index is 13.7. The molecule has 1 heterocycles. The van der Waals surface area contributed by atoms with Gasteiger partial charge in [0.25, 0.3) is 0 Å². The number of hydrogen-bond acceptors (Lipinski definition) is 6. The molecule has 1 saturated heterocycles. The van der Waals surface area contributed by atoms with E-state index in [9.17, 15) is 14.7 Å². The molecule has 5 unspecified atom stereocenters. The van der Waals surface area contributed by atoms with Gasteiger partial charge in [-0.05, 0) is 68.2 Å². The highest BCUT2D eigenvalue weighted by Crippen LogP contribution is 2.65. The summed E-state index contributed by atoms with van der Waals surface area (Å²) in [6, 6.07) is 0. The Bertz CT molecular complexity index is 760. The summed E-state index contributed by atoms with van der Waals surface area (Å²) in [4.78, 5) is 32.1. The first-order valence-corrected chi connectivity index (χ1v) is 12.0. The van der Waals surface area contributed by atoms with Crippen molar-refractivity contribution in [2.75, 3.05) is 19.7 Å². The van der Waals surface area contributed by atoms with E-state index in [1.807, 2.05) is 0 Å². The van der Waals surface area contributed by atoms with Gasteiger partial charge in [0.1, 0.15) is 17.7 Å². The van der Waals surface area contributed by atoms with Gasteiger partial charge in [0.2, 0.25) is 0 Å². The van der Waals surface area contributed by atoms with Crippen molar-refractivity contribution < 1.29 is 19.5 Å². The molecular weight excluding hydrogens is 380 g/mol. The van der Waals surface area contributed by atoms with Crippen molar-refractivity contribution in [3.63, 3.8) is 0 Å². The first kappa shape index (κ1) is 20.6. The molecule has 0 aromatic heterocycles. The van der Waals surface area contributed by atoms with Crippen molar-refractivity contribution >= 4 is 17.3 Å². The fraction of sp³-hybridized carbons (Fsp3) is 0.875. The zero-order chi connectivity index (χ0) is 21.1. The molecular formula is C24H36N2O4. The van der Waals surface area contributed by atoms with Gasteiger partial charge in [0, 0.05) is 36.6 Å². The van der Waals surface area contributed by atoms with E-state index in [4.69, 9.17) is 4.84 Å². The Morgan fingerprint density at radius 1 is 1.10 bits per heavy atom. The van der Waals surface area contributed by atoms with Gasteiger partial charge in [-0.15, -0.1) is 0 Å². The van der Waals surface area contributed by atoms with Crippen LogP contribution in [0.4, 0.5) is 0 Å². The van der Waals surface area contributed by atoms with Crippen molar-refractivity contribution in [2.24, 2.45) is 45.6 Å². The molecule has 6 nitrogen and oxygen atoms in total. The van der Waals surface area contributed by atoms with Crippen LogP contribution in [0.5, 0.6) is 0 Å². The van der Waals surface area contributed by atoms with Gasteiger partial charge in [-0.25, -0.2) is 0 Å². The summed E-state index contributed by atoms with van der Waals surface area (Å²) in [5.41, 5.74) is 0.739. The number of rotatable bonds is 3. The molecule has 6 heteroatoms. The molecule has 1 aliphatic heterocycles. The number of ketones is 2. The van der Waals surface area contributed by atoms with Crippen LogP contribution in [0.15, 0.2) is 5.16 Å². The Labute approximate surface area is 179 Å². The molecule has 0 radical (unpaired) electrons. The van der Waals surface area contributed by atoms with Crippen LogP contribution in [-0.4, -0.2) is 48.2 Å². The first-order valence-electron chi connectivity index (χ1n) is 12.0. The third-order valence-corrected chi connectivity index (χ3v) is 9.80. The molecule has 30 heavy (non-hydrogen) atoms. The lowest BCUT2D eigenvalue weighted by atomic mass is 9.43. The molecule has 4 saturated carbocycles. The van der Waals surface area contributed by atoms with Crippen molar-refractivity contribution in [1.29, 1.82) is 0 Å². The number of carbonyl (C=O) groups is 2. The lowest BCUT2D eigenvalue weighted by Crippen LogP contribution is -2.61. The monoisotopic (exact) mass is 416 g/mol. The van der Waals surface area contributed by atoms with Crippen LogP contribution in [0, 0.1) is 40.4 Å². The van der Waals surface area contributed by atoms with E-state index < -0.39 is 0 Å². The highest BCUT2D eigenvalue weighted by Gasteiger charge is 2.65. The fourth-order valence-electron chi connectivity index (χ4n) is 7.91. The SMILES string of the molecule is C[C@]12CCC(=NOC3CCNC3)CC1[C@@H](CO)C(=O)C1C2CC[C@]2(C)C(=O)CCC12. The molecule has 0 bridgehead atoms. The highest BCUT2D eigenvalue weighted by atomic mass is 16.6. The molecule has 5 fully saturated rings. The average molecular weight is 417 g/mol. The lowest BCUT2D eigenvalue weighted by molar-refractivity contribution is -0.166. The minimum Gasteiger partial charge on any atom is -0.396 e. The van der Waals surface area contributed by atoms with Gasteiger partial charge in [-0.3, -0.25) is 9.59 Å². The average Bonchev–Trinajstić information content (AvgIpc) is 3.36. The number of hydrogen-bond donors (Lipinski definition) is 2. The Kier molecular flexibility index (Phi) is 5.09. The molecule has 2 N–H and O–H groups in total. The molecule has 0 aromatic carbocycles. The van der Waals surface area contributed by atoms with Crippen molar-refractivity contribution in [2.45, 2.75) is 71.3 Å². The number of Topliss-reactive ketones (excluding diaryl/α,β-unsaturated/α-hetero) is 2. The van der Waals surface area contributed by atoms with E-state index in [0.717, 1.165) is 63.7 Å². The van der Waals surface area contributed by atoms with Crippen LogP contribution >= 0.6 is 0 Å². The number of nitrogens with zero attached hydrogens (tertiary/aromatic N) is 1. The second kappa shape index (κ2) is 7.40. The number of nitrogens with one attached hydrogen (secondary N) is 1. The summed E-state index contributed by atoms with van der Waals surface area (Å²) in [6.07, 6.45) is 7.10. The molecule has 0 aromatic rings. The second-order valence-corrected chi connectivity index (χ2v) is 11.0. The lowest BCUT2D eigenvalue weighted by Gasteiger charge is -2.60. The smallest absolute Gasteiger partial charge is 0.142 e. The van der Waals surface area contributed by atoms with Crippen molar-refractivity contribution in [1.82, 2.24) is 5.32 Å². The Morgan fingerprint density at radius 3 is 2.67 bits per heavy atom. The predicted molar refractivity (Wildman–Crippen MR) is 113 cm³/mol. The maximum absolute atomic E-state index is 13.7. The predicted octanol–water partition coefficient (Wildman–Crippen LogP) is 2.73. The highest BCUT2D eigenvalue weighted by molar-refractivity contribution is 5.93. The minimum absolute atomic E-state index is 0.0207. The minimum atomic E-state index is -0.340. The van der Waals surface area contributed by atoms with Crippen LogP contribution in [-0.2, 0) is 14.4 Å². The molecule has 4 aliphatic carbocycles. The van der Waals surface area contributed by atoms with Crippen LogP contribution in [0.3, 0.4) is 0 Å². The molecule has 8 atom stereocenters. The summed E-state index contributed by atoms with van der Waals surface area (Å²) in [7, 11) is 0. The number of carbonyl (C=O) groups excluding carboxylic acids is 2. The largest absolute Gasteiger partial charge is 0.396 e. The summed E-state index contributed by atoms with van der Waals surface area (Å²) in [5.74, 6) is 0.775. The molecule has 166 valence electrons. The summed E-state index contributed by atoms with van der Waals surface area (Å²) in [5, 5.41) is 18.1. The Hall–Kier alpha value is -1.27. The zero-order valence-electron chi connectivity index (χ0n) is 18.4. The van der Waals surface area contributed by atoms with Gasteiger partial charge in [0.15, 0.2) is 0 Å². The van der Waals surface area contributed by atoms with Crippen molar-refractivity contribution in [3.8, 4) is 0 Å². The van der Waals surface area contributed by atoms with E-state index >= 15 is 0 Å². The molecule has 0 spiro atoms. The normalized spacial score (nSPS) is 49.6. The second-order valence-electron chi connectivity index (χ2n) is 11.0. The van der Waals surface area contributed by atoms with Crippen LogP contribution in [0.2, 0.25) is 0 Å². The van der Waals surface area contributed by atoms with Crippen LogP contribution < -0.4 is 5.32 Å². The van der Waals surface area contributed by atoms with Crippen LogP contribution in [0.1, 0.15) is 65.2 Å². The topological polar surface area (TPSA) is 88.0 Å². The summed E-state index contributed by atoms with van der Waals surface area (Å²) < 4.78 is 0. The van der Waals surface area contributed by atoms with Gasteiger partial charge in [-0.2, -0.15) is 0 Å². The number of oxime groups is 1. The van der Waals surface area contributed by atoms with Gasteiger partial charge < -0.3 is 15.3 Å². The van der Waals surface area contributed by atoms with Gasteiger partial charge in [-0.1, -0.05) is 19.0 Å². The molecule has 5 aliphatic rings. The van der Waals surface area contributed by atoms with E-state index in [2.05, 4.69) is 24.3 Å². The van der Waals surface area contributed by atoms with E-state index in [1.165, 1.54) is 0 Å². The quantitative estimate of drug-likeness (QED) is 0.691. The third-order valence-electron chi connectivity index (χ3n) is 9.80. The molecule has 5 rings (SSSR count). The Morgan fingerprint density at radius 2 is 1.93 bits per heavy atom. The van der Waals surface area contributed by atoms with Gasteiger partial charge in [0.05, 0.1) is 12.3 Å². The third kappa shape index (κ3) is 2.93. The maximum Gasteiger partial charge on any atom is 0.142 e. The van der Waals surface area contributed by atoms with Crippen LogP contribution in [0.25, 0.3) is 0 Å². The van der Waals surface area contributed by atoms with Crippen molar-refractivity contribution in [3.05, 3.63) is 0 Å². The molecule has 0 amide bonds. The first-order chi connectivity index (χ1) is 14.4. The Balaban J connectivity index is 1.42. The van der Waals surface area contributed by atoms with E-state index in [1.54, 1.807) is 0 Å². The fourth-order valence-corrected chi connectivity index (χ4v) is 7.91. The zero-order valence-corrected chi connectivity index (χ0v) is 18.4. The van der Waals surface area contributed by atoms with E-state index in [-0.39, 0.29) is 53.0 Å². The number of aliphatic hydroxyl groups excluding tert-OH is 1. The van der Waals surface area contributed by atoms with Gasteiger partial charge >= 0.3 is 0 Å². The summed E-state index contributed by atoms with van der Waals surface area (Å²) in [6.45, 7) is 6.17. The number of fused-ring (bicyclic) bond motifs is 5. The standard InChI is InChI=1S/C24H36N2O4/c1-23-8-5-14(26-30-15-7-10-25-12-15)11-19(23)16(13-27)22(29)21-17-3-4-20(28)24(17,2)9-6-18(21)23/h15-19,21,25,27H,3-13H2,1-2H3/t15?,16-,17?,18?,19?,21?,23-,24+/m1/s1. The van der Waals surface area contributed by atoms with E-state index in [0.29, 0.717) is 18.1 Å². The summed E-state index contributed by atoms with van der Waals surface area (Å²) >= 11 is 0. The number of aliphatic hydroxyl groups is 1.